The summed E-state index contributed by atoms with van der Waals surface area (Å²) < 4.78 is 16.5. The zero-order valence-corrected chi connectivity index (χ0v) is 34.8. The lowest BCUT2D eigenvalue weighted by Crippen LogP contribution is -2.60. The molecule has 4 amide bonds. The van der Waals surface area contributed by atoms with Crippen LogP contribution in [0.3, 0.4) is 0 Å². The number of esters is 2. The molecule has 0 aromatic carbocycles. The zero-order chi connectivity index (χ0) is 40.6. The van der Waals surface area contributed by atoms with Gasteiger partial charge in [-0.25, -0.2) is 9.59 Å². The number of amides is 4. The van der Waals surface area contributed by atoms with Crippen molar-refractivity contribution in [2.24, 2.45) is 11.3 Å². The first-order valence-electron chi connectivity index (χ1n) is 18.4. The molecule has 0 radical (unpaired) electrons. The average Bonchev–Trinajstić information content (AvgIpc) is 2.96. The van der Waals surface area contributed by atoms with E-state index in [4.69, 9.17) is 14.2 Å². The van der Waals surface area contributed by atoms with E-state index in [1.807, 2.05) is 34.6 Å². The number of nitrogens with zero attached hydrogens (tertiary/aromatic N) is 2. The van der Waals surface area contributed by atoms with E-state index < -0.39 is 76.2 Å². The van der Waals surface area contributed by atoms with Crippen LogP contribution in [-0.2, 0) is 38.2 Å². The summed E-state index contributed by atoms with van der Waals surface area (Å²) in [6.45, 7) is 27.0. The summed E-state index contributed by atoms with van der Waals surface area (Å²) >= 11 is 0. The molecule has 0 aromatic rings. The van der Waals surface area contributed by atoms with Gasteiger partial charge in [-0.2, -0.15) is 0 Å². The first-order valence-corrected chi connectivity index (χ1v) is 18.4. The standard InChI is InChI=1S/C39H68N4O9/c1-24(2)28(23-25(3)31(45)40-26(34(48)51-38(10,11)12)20-21-29(44)50-37(7,8)9)42(16)33(47)30(36(4,5)6)41-32(46)27-19-17-18-22-43(27)35(49)52-39(13,14)15/h23-24,26-28,30H,17-22H2,1-16H3,(H,40,45)(H,41,46)/b25-23+/t26-,27-,28-,30-/m1/s1. The SMILES string of the molecule is C/C(=C\[C@H](C(C)C)N(C)C(=O)[C@@H](NC(=O)[C@H]1CCCCN1C(=O)OC(C)(C)C)C(C)(C)C)C(=O)N[C@H](CCC(=O)OC(C)(C)C)C(=O)OC(C)(C)C. The molecule has 4 atom stereocenters. The van der Waals surface area contributed by atoms with E-state index >= 15 is 0 Å². The first kappa shape index (κ1) is 46.4. The highest BCUT2D eigenvalue weighted by Crippen LogP contribution is 2.26. The quantitative estimate of drug-likeness (QED) is 0.146. The summed E-state index contributed by atoms with van der Waals surface area (Å²) in [5, 5.41) is 5.66. The van der Waals surface area contributed by atoms with Crippen molar-refractivity contribution in [2.75, 3.05) is 13.6 Å². The van der Waals surface area contributed by atoms with Crippen LogP contribution in [0.4, 0.5) is 4.79 Å². The Labute approximate surface area is 312 Å². The summed E-state index contributed by atoms with van der Waals surface area (Å²) in [6, 6.07) is -3.44. The van der Waals surface area contributed by atoms with Crippen LogP contribution in [0.1, 0.15) is 136 Å². The predicted molar refractivity (Wildman–Crippen MR) is 200 cm³/mol. The van der Waals surface area contributed by atoms with E-state index in [2.05, 4.69) is 10.6 Å². The summed E-state index contributed by atoms with van der Waals surface area (Å²) in [6.07, 6.45) is 2.87. The fourth-order valence-corrected chi connectivity index (χ4v) is 5.61. The number of nitrogens with one attached hydrogen (secondary N) is 2. The third-order valence-corrected chi connectivity index (χ3v) is 8.14. The summed E-state index contributed by atoms with van der Waals surface area (Å²) in [5.41, 5.74) is -2.73. The van der Waals surface area contributed by atoms with Gasteiger partial charge in [0.1, 0.15) is 34.9 Å². The number of carbonyl (C=O) groups is 6. The van der Waals surface area contributed by atoms with Crippen molar-refractivity contribution >= 4 is 35.8 Å². The predicted octanol–water partition coefficient (Wildman–Crippen LogP) is 5.68. The number of hydrogen-bond acceptors (Lipinski definition) is 9. The molecule has 1 rings (SSSR count). The average molecular weight is 737 g/mol. The molecule has 0 aliphatic carbocycles. The monoisotopic (exact) mass is 736 g/mol. The zero-order valence-electron chi connectivity index (χ0n) is 34.8. The van der Waals surface area contributed by atoms with Gasteiger partial charge < -0.3 is 29.7 Å². The second-order valence-electron chi connectivity index (χ2n) is 18.2. The second-order valence-corrected chi connectivity index (χ2v) is 18.2. The van der Waals surface area contributed by atoms with Crippen LogP contribution < -0.4 is 10.6 Å². The third-order valence-electron chi connectivity index (χ3n) is 8.14. The number of rotatable bonds is 12. The van der Waals surface area contributed by atoms with Crippen LogP contribution >= 0.6 is 0 Å². The lowest BCUT2D eigenvalue weighted by Gasteiger charge is -2.40. The van der Waals surface area contributed by atoms with Crippen LogP contribution in [-0.4, -0.2) is 100 Å². The Morgan fingerprint density at radius 3 is 1.83 bits per heavy atom. The minimum atomic E-state index is -1.13. The molecule has 1 aliphatic heterocycles. The van der Waals surface area contributed by atoms with Crippen molar-refractivity contribution in [3.05, 3.63) is 11.6 Å². The first-order chi connectivity index (χ1) is 23.4. The summed E-state index contributed by atoms with van der Waals surface area (Å²) in [7, 11) is 1.62. The van der Waals surface area contributed by atoms with Crippen LogP contribution in [0, 0.1) is 11.3 Å². The van der Waals surface area contributed by atoms with Gasteiger partial charge in [-0.3, -0.25) is 24.1 Å². The Kier molecular flexibility index (Phi) is 16.4. The molecule has 0 saturated carbocycles. The number of ether oxygens (including phenoxy) is 3. The van der Waals surface area contributed by atoms with Crippen LogP contribution in [0.15, 0.2) is 11.6 Å². The van der Waals surface area contributed by atoms with Crippen LogP contribution in [0.5, 0.6) is 0 Å². The molecular weight excluding hydrogens is 668 g/mol. The van der Waals surface area contributed by atoms with Crippen molar-refractivity contribution in [3.8, 4) is 0 Å². The number of likely N-dealkylation sites (N-methyl/N-ethyl adjacent to an activating group) is 1. The van der Waals surface area contributed by atoms with E-state index in [9.17, 15) is 28.8 Å². The normalized spacial score (nSPS) is 17.8. The number of piperidine rings is 1. The van der Waals surface area contributed by atoms with Gasteiger partial charge in [0.2, 0.25) is 17.7 Å². The molecule has 13 heteroatoms. The molecule has 52 heavy (non-hydrogen) atoms. The second kappa shape index (κ2) is 18.4. The van der Waals surface area contributed by atoms with Crippen LogP contribution in [0.25, 0.3) is 0 Å². The van der Waals surface area contributed by atoms with Gasteiger partial charge in [0.25, 0.3) is 0 Å². The molecule has 2 N–H and O–H groups in total. The molecule has 1 fully saturated rings. The Morgan fingerprint density at radius 2 is 1.35 bits per heavy atom. The molecule has 0 bridgehead atoms. The fraction of sp³-hybridized carbons (Fsp3) is 0.795. The smallest absolute Gasteiger partial charge is 0.410 e. The van der Waals surface area contributed by atoms with Crippen molar-refractivity contribution < 1.29 is 43.0 Å². The van der Waals surface area contributed by atoms with Gasteiger partial charge in [-0.05, 0) is 106 Å². The lowest BCUT2D eigenvalue weighted by atomic mass is 9.84. The Morgan fingerprint density at radius 1 is 0.808 bits per heavy atom. The highest BCUT2D eigenvalue weighted by molar-refractivity contribution is 5.96. The van der Waals surface area contributed by atoms with E-state index in [0.29, 0.717) is 13.0 Å². The molecule has 0 unspecified atom stereocenters. The highest BCUT2D eigenvalue weighted by atomic mass is 16.6. The lowest BCUT2D eigenvalue weighted by molar-refractivity contribution is -0.159. The largest absolute Gasteiger partial charge is 0.460 e. The molecule has 1 heterocycles. The molecule has 1 aliphatic rings. The van der Waals surface area contributed by atoms with Crippen molar-refractivity contribution in [1.29, 1.82) is 0 Å². The molecule has 298 valence electrons. The molecule has 13 nitrogen and oxygen atoms in total. The summed E-state index contributed by atoms with van der Waals surface area (Å²) in [4.78, 5) is 83.1. The topological polar surface area (TPSA) is 161 Å². The molecule has 0 aromatic heterocycles. The molecule has 0 spiro atoms. The molecular formula is C39H68N4O9. The number of hydrogen-bond donors (Lipinski definition) is 2. The minimum absolute atomic E-state index is 0.0336. The van der Waals surface area contributed by atoms with Crippen LogP contribution in [0.2, 0.25) is 0 Å². The highest BCUT2D eigenvalue weighted by Gasteiger charge is 2.41. The van der Waals surface area contributed by atoms with Gasteiger partial charge in [0.15, 0.2) is 0 Å². The maximum absolute atomic E-state index is 14.2. The van der Waals surface area contributed by atoms with Gasteiger partial charge >= 0.3 is 18.0 Å². The minimum Gasteiger partial charge on any atom is -0.460 e. The van der Waals surface area contributed by atoms with Crippen molar-refractivity contribution in [2.45, 2.75) is 177 Å². The van der Waals surface area contributed by atoms with E-state index in [1.165, 1.54) is 9.80 Å². The maximum Gasteiger partial charge on any atom is 0.410 e. The van der Waals surface area contributed by atoms with E-state index in [-0.39, 0.29) is 30.2 Å². The van der Waals surface area contributed by atoms with Crippen molar-refractivity contribution in [1.82, 2.24) is 20.4 Å². The van der Waals surface area contributed by atoms with E-state index in [1.54, 1.807) is 82.4 Å². The third kappa shape index (κ3) is 15.9. The summed E-state index contributed by atoms with van der Waals surface area (Å²) in [5.74, 6) is -2.71. The number of carbonyl (C=O) groups excluding carboxylic acids is 6. The molecule has 1 saturated heterocycles. The Hall–Kier alpha value is -3.64. The van der Waals surface area contributed by atoms with Gasteiger partial charge in [0.05, 0.1) is 6.04 Å². The van der Waals surface area contributed by atoms with E-state index in [0.717, 1.165) is 12.8 Å². The Bertz CT molecular complexity index is 1310. The number of likely N-dealkylation sites (tertiary alicyclic amines) is 1. The van der Waals surface area contributed by atoms with Gasteiger partial charge in [-0.15, -0.1) is 0 Å². The maximum atomic E-state index is 14.2. The Balaban J connectivity index is 3.30. The fourth-order valence-electron chi connectivity index (χ4n) is 5.61. The van der Waals surface area contributed by atoms with Gasteiger partial charge in [-0.1, -0.05) is 40.7 Å². The van der Waals surface area contributed by atoms with Gasteiger partial charge in [0, 0.05) is 25.6 Å². The van der Waals surface area contributed by atoms with Crippen molar-refractivity contribution in [3.63, 3.8) is 0 Å².